The Labute approximate surface area is 79.9 Å². The zero-order chi connectivity index (χ0) is 10.0. The van der Waals surface area contributed by atoms with Gasteiger partial charge in [-0.05, 0) is 27.9 Å². The van der Waals surface area contributed by atoms with Gasteiger partial charge < -0.3 is 9.80 Å². The molecule has 0 bridgehead atoms. The van der Waals surface area contributed by atoms with Gasteiger partial charge in [-0.2, -0.15) is 0 Å². The van der Waals surface area contributed by atoms with E-state index >= 15 is 0 Å². The molecule has 76 valence electrons. The fraction of sp³-hybridized carbons (Fsp3) is 0.889. The van der Waals surface area contributed by atoms with Gasteiger partial charge in [0.15, 0.2) is 0 Å². The van der Waals surface area contributed by atoms with Crippen molar-refractivity contribution in [2.45, 2.75) is 26.1 Å². The maximum Gasteiger partial charge on any atom is 0.237 e. The number of rotatable bonds is 3. The summed E-state index contributed by atoms with van der Waals surface area (Å²) in [6.45, 7) is 5.44. The summed E-state index contributed by atoms with van der Waals surface area (Å²) >= 11 is 0. The number of nitrogens with one attached hydrogen (secondary N) is 1. The summed E-state index contributed by atoms with van der Waals surface area (Å²) in [5.74, 6) is 0.209. The third-order valence-electron chi connectivity index (χ3n) is 2.68. The van der Waals surface area contributed by atoms with Gasteiger partial charge in [0, 0.05) is 12.6 Å². The van der Waals surface area contributed by atoms with Crippen molar-refractivity contribution in [3.05, 3.63) is 0 Å². The zero-order valence-electron chi connectivity index (χ0n) is 8.87. The van der Waals surface area contributed by atoms with Crippen molar-refractivity contribution < 1.29 is 4.79 Å². The minimum absolute atomic E-state index is 0.190. The molecule has 1 heterocycles. The van der Waals surface area contributed by atoms with Crippen molar-refractivity contribution in [2.75, 3.05) is 27.2 Å². The Kier molecular flexibility index (Phi) is 3.27. The molecule has 2 unspecified atom stereocenters. The molecule has 1 fully saturated rings. The number of hydrogen-bond acceptors (Lipinski definition) is 3. The van der Waals surface area contributed by atoms with Gasteiger partial charge in [-0.1, -0.05) is 0 Å². The molecular formula is C9H19N3O. The zero-order valence-corrected chi connectivity index (χ0v) is 8.87. The maximum absolute atomic E-state index is 11.4. The molecule has 0 aromatic heterocycles. The van der Waals surface area contributed by atoms with Crippen LogP contribution in [0.15, 0.2) is 0 Å². The minimum atomic E-state index is 0.190. The van der Waals surface area contributed by atoms with Gasteiger partial charge in [0.25, 0.3) is 0 Å². The SMILES string of the molecule is CC(CN1C(=O)CNC1C)N(C)C. The van der Waals surface area contributed by atoms with Crippen molar-refractivity contribution >= 4 is 5.91 Å². The van der Waals surface area contributed by atoms with E-state index in [0.29, 0.717) is 12.6 Å². The maximum atomic E-state index is 11.4. The van der Waals surface area contributed by atoms with E-state index in [1.165, 1.54) is 0 Å². The summed E-state index contributed by atoms with van der Waals surface area (Å²) in [5.41, 5.74) is 0. The molecular weight excluding hydrogens is 166 g/mol. The molecule has 1 rings (SSSR count). The van der Waals surface area contributed by atoms with Crippen LogP contribution < -0.4 is 5.32 Å². The van der Waals surface area contributed by atoms with Gasteiger partial charge in [-0.25, -0.2) is 0 Å². The Morgan fingerprint density at radius 3 is 2.69 bits per heavy atom. The topological polar surface area (TPSA) is 35.6 Å². The van der Waals surface area contributed by atoms with E-state index in [-0.39, 0.29) is 12.1 Å². The monoisotopic (exact) mass is 185 g/mol. The first-order chi connectivity index (χ1) is 6.02. The molecule has 0 radical (unpaired) electrons. The highest BCUT2D eigenvalue weighted by atomic mass is 16.2. The van der Waals surface area contributed by atoms with E-state index in [2.05, 4.69) is 17.1 Å². The number of carbonyl (C=O) groups excluding carboxylic acids is 1. The van der Waals surface area contributed by atoms with E-state index in [1.807, 2.05) is 25.9 Å². The van der Waals surface area contributed by atoms with Gasteiger partial charge in [-0.3, -0.25) is 10.1 Å². The first kappa shape index (κ1) is 10.5. The second kappa shape index (κ2) is 4.07. The Morgan fingerprint density at radius 2 is 2.31 bits per heavy atom. The number of hydrogen-bond donors (Lipinski definition) is 1. The first-order valence-electron chi connectivity index (χ1n) is 4.71. The van der Waals surface area contributed by atoms with Crippen LogP contribution in [0, 0.1) is 0 Å². The predicted molar refractivity (Wildman–Crippen MR) is 52.3 cm³/mol. The highest BCUT2D eigenvalue weighted by molar-refractivity contribution is 5.80. The second-order valence-corrected chi connectivity index (χ2v) is 3.92. The molecule has 4 heteroatoms. The molecule has 1 saturated heterocycles. The van der Waals surface area contributed by atoms with Crippen molar-refractivity contribution in [2.24, 2.45) is 0 Å². The number of likely N-dealkylation sites (N-methyl/N-ethyl adjacent to an activating group) is 1. The molecule has 0 saturated carbocycles. The highest BCUT2D eigenvalue weighted by Crippen LogP contribution is 2.06. The van der Waals surface area contributed by atoms with Crippen LogP contribution in [-0.2, 0) is 4.79 Å². The normalized spacial score (nSPS) is 25.8. The summed E-state index contributed by atoms with van der Waals surface area (Å²) in [5, 5.41) is 3.12. The summed E-state index contributed by atoms with van der Waals surface area (Å²) < 4.78 is 0. The van der Waals surface area contributed by atoms with Crippen molar-refractivity contribution in [3.63, 3.8) is 0 Å². The van der Waals surface area contributed by atoms with Gasteiger partial charge in [0.1, 0.15) is 0 Å². The average molecular weight is 185 g/mol. The minimum Gasteiger partial charge on any atom is -0.325 e. The molecule has 0 aromatic rings. The largest absolute Gasteiger partial charge is 0.325 e. The Morgan fingerprint density at radius 1 is 1.69 bits per heavy atom. The molecule has 1 amide bonds. The molecule has 1 aliphatic rings. The average Bonchev–Trinajstić information content (AvgIpc) is 2.35. The van der Waals surface area contributed by atoms with Crippen LogP contribution in [0.5, 0.6) is 0 Å². The van der Waals surface area contributed by atoms with Crippen LogP contribution in [-0.4, -0.2) is 55.1 Å². The molecule has 2 atom stereocenters. The van der Waals surface area contributed by atoms with E-state index < -0.39 is 0 Å². The first-order valence-corrected chi connectivity index (χ1v) is 4.71. The lowest BCUT2D eigenvalue weighted by Crippen LogP contribution is -2.43. The molecule has 0 spiro atoms. The Balaban J connectivity index is 2.47. The van der Waals surface area contributed by atoms with Crippen LogP contribution in [0.2, 0.25) is 0 Å². The van der Waals surface area contributed by atoms with Gasteiger partial charge in [-0.15, -0.1) is 0 Å². The molecule has 0 aliphatic carbocycles. The van der Waals surface area contributed by atoms with E-state index in [0.717, 1.165) is 6.54 Å². The number of nitrogens with zero attached hydrogens (tertiary/aromatic N) is 2. The van der Waals surface area contributed by atoms with Crippen LogP contribution in [0.1, 0.15) is 13.8 Å². The van der Waals surface area contributed by atoms with E-state index in [4.69, 9.17) is 0 Å². The Hall–Kier alpha value is -0.610. The number of carbonyl (C=O) groups is 1. The number of amides is 1. The highest BCUT2D eigenvalue weighted by Gasteiger charge is 2.28. The lowest BCUT2D eigenvalue weighted by atomic mass is 10.3. The molecule has 4 nitrogen and oxygen atoms in total. The van der Waals surface area contributed by atoms with Gasteiger partial charge in [0.2, 0.25) is 5.91 Å². The van der Waals surface area contributed by atoms with E-state index in [9.17, 15) is 4.79 Å². The summed E-state index contributed by atoms with van der Waals surface area (Å²) in [6, 6.07) is 0.409. The van der Waals surface area contributed by atoms with Crippen LogP contribution >= 0.6 is 0 Å². The van der Waals surface area contributed by atoms with Crippen LogP contribution in [0.3, 0.4) is 0 Å². The predicted octanol–water partition coefficient (Wildman–Crippen LogP) is -0.286. The van der Waals surface area contributed by atoms with Crippen molar-refractivity contribution in [1.29, 1.82) is 0 Å². The Bertz CT molecular complexity index is 193. The van der Waals surface area contributed by atoms with Crippen LogP contribution in [0.25, 0.3) is 0 Å². The standard InChI is InChI=1S/C9H19N3O/c1-7(11(3)4)6-12-8(2)10-5-9(12)13/h7-8,10H,5-6H2,1-4H3. The third-order valence-corrected chi connectivity index (χ3v) is 2.68. The van der Waals surface area contributed by atoms with E-state index in [1.54, 1.807) is 0 Å². The molecule has 0 aromatic carbocycles. The quantitative estimate of drug-likeness (QED) is 0.656. The lowest BCUT2D eigenvalue weighted by Gasteiger charge is -2.28. The molecule has 1 aliphatic heterocycles. The third kappa shape index (κ3) is 2.42. The van der Waals surface area contributed by atoms with Crippen molar-refractivity contribution in [1.82, 2.24) is 15.1 Å². The van der Waals surface area contributed by atoms with Gasteiger partial charge >= 0.3 is 0 Å². The smallest absolute Gasteiger partial charge is 0.237 e. The van der Waals surface area contributed by atoms with Crippen molar-refractivity contribution in [3.8, 4) is 0 Å². The molecule has 13 heavy (non-hydrogen) atoms. The summed E-state index contributed by atoms with van der Waals surface area (Å²) in [7, 11) is 4.06. The fourth-order valence-corrected chi connectivity index (χ4v) is 1.37. The molecule has 1 N–H and O–H groups in total. The second-order valence-electron chi connectivity index (χ2n) is 3.92. The summed E-state index contributed by atoms with van der Waals surface area (Å²) in [4.78, 5) is 15.4. The van der Waals surface area contributed by atoms with Gasteiger partial charge in [0.05, 0.1) is 12.7 Å². The fourth-order valence-electron chi connectivity index (χ4n) is 1.37. The lowest BCUT2D eigenvalue weighted by molar-refractivity contribution is -0.128. The summed E-state index contributed by atoms with van der Waals surface area (Å²) in [6.07, 6.45) is 0.190. The van der Waals surface area contributed by atoms with Crippen LogP contribution in [0.4, 0.5) is 0 Å².